The Bertz CT molecular complexity index is 1110. The van der Waals surface area contributed by atoms with E-state index in [0.717, 1.165) is 5.56 Å². The van der Waals surface area contributed by atoms with Crippen LogP contribution in [-0.2, 0) is 6.54 Å². The van der Waals surface area contributed by atoms with Crippen molar-refractivity contribution in [3.8, 4) is 22.8 Å². The number of aromatic nitrogens is 4. The summed E-state index contributed by atoms with van der Waals surface area (Å²) in [7, 11) is 0. The SMILES string of the molecule is Cc1c2c(=O)n(-c3ccc(F)cc3)nc-2cc([O-])n1Cc1ccncc1.[Na+]. The Morgan fingerprint density at radius 3 is 2.44 bits per heavy atom. The van der Waals surface area contributed by atoms with Crippen LogP contribution in [-0.4, -0.2) is 19.3 Å². The van der Waals surface area contributed by atoms with Crippen molar-refractivity contribution < 1.29 is 39.1 Å². The van der Waals surface area contributed by atoms with Crippen molar-refractivity contribution in [1.82, 2.24) is 19.3 Å². The van der Waals surface area contributed by atoms with Crippen LogP contribution in [0, 0.1) is 12.7 Å². The first-order valence-electron chi connectivity index (χ1n) is 7.99. The fourth-order valence-electron chi connectivity index (χ4n) is 2.98. The van der Waals surface area contributed by atoms with Crippen LogP contribution in [0.25, 0.3) is 16.9 Å². The third-order valence-electron chi connectivity index (χ3n) is 4.32. The Kier molecular flexibility index (Phi) is 5.46. The van der Waals surface area contributed by atoms with Crippen molar-refractivity contribution in [2.24, 2.45) is 0 Å². The first-order valence-corrected chi connectivity index (χ1v) is 7.99. The van der Waals surface area contributed by atoms with Gasteiger partial charge in [-0.25, -0.2) is 4.39 Å². The quantitative estimate of drug-likeness (QED) is 0.437. The van der Waals surface area contributed by atoms with E-state index in [2.05, 4.69) is 10.1 Å². The molecule has 2 aliphatic rings. The normalized spacial score (nSPS) is 10.7. The molecule has 27 heavy (non-hydrogen) atoms. The van der Waals surface area contributed by atoms with E-state index in [1.54, 1.807) is 19.3 Å². The molecule has 2 aliphatic heterocycles. The molecule has 130 valence electrons. The van der Waals surface area contributed by atoms with E-state index >= 15 is 0 Å². The zero-order chi connectivity index (χ0) is 18.3. The van der Waals surface area contributed by atoms with Crippen molar-refractivity contribution >= 4 is 0 Å². The molecule has 0 atom stereocenters. The Morgan fingerprint density at radius 2 is 1.78 bits per heavy atom. The molecule has 0 saturated heterocycles. The summed E-state index contributed by atoms with van der Waals surface area (Å²) in [6, 6.07) is 10.5. The van der Waals surface area contributed by atoms with Crippen molar-refractivity contribution in [2.75, 3.05) is 0 Å². The zero-order valence-electron chi connectivity index (χ0n) is 14.9. The van der Waals surface area contributed by atoms with E-state index in [9.17, 15) is 14.3 Å². The van der Waals surface area contributed by atoms with Crippen LogP contribution in [0.1, 0.15) is 11.3 Å². The molecule has 0 fully saturated rings. The van der Waals surface area contributed by atoms with Crippen LogP contribution < -0.4 is 40.2 Å². The number of nitrogens with zero attached hydrogens (tertiary/aromatic N) is 4. The minimum Gasteiger partial charge on any atom is -0.860 e. The van der Waals surface area contributed by atoms with Gasteiger partial charge >= 0.3 is 29.6 Å². The van der Waals surface area contributed by atoms with Crippen LogP contribution in [0.3, 0.4) is 0 Å². The molecule has 4 rings (SSSR count). The Labute approximate surface area is 176 Å². The molecule has 0 bridgehead atoms. The summed E-state index contributed by atoms with van der Waals surface area (Å²) in [5.74, 6) is -0.637. The van der Waals surface area contributed by atoms with Gasteiger partial charge in [0.05, 0.1) is 16.9 Å². The van der Waals surface area contributed by atoms with Gasteiger partial charge in [0.2, 0.25) is 0 Å². The topological polar surface area (TPSA) is 75.8 Å². The first kappa shape index (κ1) is 19.3. The Morgan fingerprint density at radius 1 is 1.11 bits per heavy atom. The van der Waals surface area contributed by atoms with Crippen molar-refractivity contribution in [3.05, 3.63) is 82.3 Å². The zero-order valence-corrected chi connectivity index (χ0v) is 16.9. The number of hydrogen-bond acceptors (Lipinski definition) is 4. The van der Waals surface area contributed by atoms with Gasteiger partial charge in [-0.05, 0) is 60.8 Å². The summed E-state index contributed by atoms with van der Waals surface area (Å²) in [5.41, 5.74) is 2.26. The second-order valence-corrected chi connectivity index (χ2v) is 5.96. The van der Waals surface area contributed by atoms with E-state index in [0.29, 0.717) is 29.2 Å². The second-order valence-electron chi connectivity index (χ2n) is 5.96. The fourth-order valence-corrected chi connectivity index (χ4v) is 2.98. The number of benzene rings is 1. The maximum atomic E-state index is 13.1. The molecule has 0 aliphatic carbocycles. The number of halogens is 1. The maximum absolute atomic E-state index is 13.1. The summed E-state index contributed by atoms with van der Waals surface area (Å²) < 4.78 is 15.9. The summed E-state index contributed by atoms with van der Waals surface area (Å²) in [6.45, 7) is 2.06. The molecule has 1 aromatic carbocycles. The van der Waals surface area contributed by atoms with Gasteiger partial charge < -0.3 is 9.67 Å². The van der Waals surface area contributed by atoms with Crippen LogP contribution in [0.2, 0.25) is 0 Å². The Hall–Kier alpha value is -2.48. The molecule has 6 nitrogen and oxygen atoms in total. The predicted molar refractivity (Wildman–Crippen MR) is 91.9 cm³/mol. The average molecular weight is 372 g/mol. The van der Waals surface area contributed by atoms with Gasteiger partial charge in [-0.15, -0.1) is 0 Å². The Balaban J connectivity index is 0.00000210. The molecule has 0 saturated carbocycles. The van der Waals surface area contributed by atoms with Crippen LogP contribution in [0.5, 0.6) is 5.88 Å². The summed E-state index contributed by atoms with van der Waals surface area (Å²) in [5, 5.41) is 16.7. The monoisotopic (exact) mass is 372 g/mol. The van der Waals surface area contributed by atoms with E-state index in [-0.39, 0.29) is 41.0 Å². The van der Waals surface area contributed by atoms with E-state index in [1.165, 1.54) is 39.6 Å². The molecule has 0 N–H and O–H groups in total. The van der Waals surface area contributed by atoms with Gasteiger partial charge in [0.25, 0.3) is 5.56 Å². The summed E-state index contributed by atoms with van der Waals surface area (Å²) in [6.07, 6.45) is 3.31. The minimum atomic E-state index is -0.397. The minimum absolute atomic E-state index is 0. The predicted octanol–water partition coefficient (Wildman–Crippen LogP) is -0.893. The molecule has 1 aromatic heterocycles. The molecule has 8 heteroatoms. The molecule has 2 aromatic rings. The third kappa shape index (κ3) is 3.53. The standard InChI is InChI=1S/C19H15FN4O2.Na/c1-12-18-16(10-17(25)23(12)11-13-6-8-21-9-7-13)22-24(19(18)26)15-4-2-14(20)3-5-15;/h2-10,25H,11H2,1H3;/q;+1/p-1. The summed E-state index contributed by atoms with van der Waals surface area (Å²) in [4.78, 5) is 16.8. The van der Waals surface area contributed by atoms with Crippen LogP contribution in [0.15, 0.2) is 59.7 Å². The van der Waals surface area contributed by atoms with Crippen LogP contribution >= 0.6 is 0 Å². The van der Waals surface area contributed by atoms with Gasteiger partial charge in [-0.3, -0.25) is 9.78 Å². The second kappa shape index (κ2) is 7.64. The van der Waals surface area contributed by atoms with Gasteiger partial charge in [0.15, 0.2) is 0 Å². The number of pyridine rings is 2. The molecule has 0 spiro atoms. The average Bonchev–Trinajstić information content (AvgIpc) is 2.96. The molecular formula is C19H14FN4NaO2. The maximum Gasteiger partial charge on any atom is 1.00 e. The smallest absolute Gasteiger partial charge is 0.860 e. The van der Waals surface area contributed by atoms with Gasteiger partial charge in [-0.1, -0.05) is 0 Å². The largest absolute Gasteiger partial charge is 1.00 e. The first-order chi connectivity index (χ1) is 12.5. The molecule has 0 amide bonds. The van der Waals surface area contributed by atoms with E-state index < -0.39 is 5.82 Å². The van der Waals surface area contributed by atoms with Crippen molar-refractivity contribution in [2.45, 2.75) is 13.5 Å². The van der Waals surface area contributed by atoms with Gasteiger partial charge in [0, 0.05) is 24.6 Å². The molecule has 0 radical (unpaired) electrons. The van der Waals surface area contributed by atoms with E-state index in [4.69, 9.17) is 0 Å². The van der Waals surface area contributed by atoms with E-state index in [1.807, 2.05) is 12.1 Å². The number of rotatable bonds is 3. The number of hydrogen-bond donors (Lipinski definition) is 0. The van der Waals surface area contributed by atoms with Crippen molar-refractivity contribution in [1.29, 1.82) is 0 Å². The van der Waals surface area contributed by atoms with Crippen molar-refractivity contribution in [3.63, 3.8) is 0 Å². The fraction of sp³-hybridized carbons (Fsp3) is 0.105. The van der Waals surface area contributed by atoms with Gasteiger partial charge in [-0.2, -0.15) is 9.78 Å². The number of fused-ring (bicyclic) bond motifs is 1. The molecule has 3 heterocycles. The van der Waals surface area contributed by atoms with Gasteiger partial charge in [0.1, 0.15) is 5.82 Å². The summed E-state index contributed by atoms with van der Waals surface area (Å²) >= 11 is 0. The third-order valence-corrected chi connectivity index (χ3v) is 4.32. The van der Waals surface area contributed by atoms with Crippen LogP contribution in [0.4, 0.5) is 4.39 Å². The molecule has 0 unspecified atom stereocenters. The molecular weight excluding hydrogens is 358 g/mol.